The van der Waals surface area contributed by atoms with E-state index in [-0.39, 0.29) is 5.97 Å². The van der Waals surface area contributed by atoms with Crippen LogP contribution in [0.3, 0.4) is 0 Å². The Kier molecular flexibility index (Phi) is 4.07. The van der Waals surface area contributed by atoms with Crippen LogP contribution < -0.4 is 5.32 Å². The maximum Gasteiger partial charge on any atom is 0.318 e. The third kappa shape index (κ3) is 2.29. The molecule has 4 nitrogen and oxygen atoms in total. The van der Waals surface area contributed by atoms with Crippen molar-refractivity contribution in [2.45, 2.75) is 32.1 Å². The summed E-state index contributed by atoms with van der Waals surface area (Å²) >= 11 is 0. The molecule has 0 amide bonds. The second-order valence-corrected chi connectivity index (χ2v) is 5.03. The van der Waals surface area contributed by atoms with Gasteiger partial charge in [0.15, 0.2) is 0 Å². The van der Waals surface area contributed by atoms with Crippen molar-refractivity contribution in [2.75, 3.05) is 19.7 Å². The SMILES string of the molecule is CCOC(=O)C(C)(c1ccc[nH]1)C1CCNCC1. The Balaban J connectivity index is 2.29. The minimum Gasteiger partial charge on any atom is -0.465 e. The van der Waals surface area contributed by atoms with E-state index in [1.54, 1.807) is 0 Å². The Morgan fingerprint density at radius 2 is 2.22 bits per heavy atom. The maximum absolute atomic E-state index is 12.4. The molecule has 0 aromatic carbocycles. The molecule has 100 valence electrons. The minimum atomic E-state index is -0.554. The Morgan fingerprint density at radius 3 is 2.78 bits per heavy atom. The van der Waals surface area contributed by atoms with E-state index >= 15 is 0 Å². The van der Waals surface area contributed by atoms with Gasteiger partial charge in [-0.15, -0.1) is 0 Å². The fourth-order valence-corrected chi connectivity index (χ4v) is 2.83. The molecule has 4 heteroatoms. The number of nitrogens with one attached hydrogen (secondary N) is 2. The van der Waals surface area contributed by atoms with Crippen LogP contribution in [0.1, 0.15) is 32.4 Å². The van der Waals surface area contributed by atoms with Crippen LogP contribution in [0.5, 0.6) is 0 Å². The maximum atomic E-state index is 12.4. The molecule has 1 aliphatic heterocycles. The average molecular weight is 250 g/mol. The molecular formula is C14H22N2O2. The van der Waals surface area contributed by atoms with Crippen molar-refractivity contribution in [2.24, 2.45) is 5.92 Å². The summed E-state index contributed by atoms with van der Waals surface area (Å²) in [6.45, 7) is 6.24. The van der Waals surface area contributed by atoms with E-state index in [2.05, 4.69) is 10.3 Å². The standard InChI is InChI=1S/C14H22N2O2/c1-3-18-13(17)14(2,12-5-4-8-16-12)11-6-9-15-10-7-11/h4-5,8,11,15-16H,3,6-7,9-10H2,1-2H3. The van der Waals surface area contributed by atoms with Gasteiger partial charge in [-0.1, -0.05) is 0 Å². The monoisotopic (exact) mass is 250 g/mol. The predicted octanol–water partition coefficient (Wildman–Crippen LogP) is 1.84. The zero-order valence-electron chi connectivity index (χ0n) is 11.2. The molecule has 18 heavy (non-hydrogen) atoms. The number of H-pyrrole nitrogens is 1. The third-order valence-electron chi connectivity index (χ3n) is 4.01. The van der Waals surface area contributed by atoms with Gasteiger partial charge in [-0.3, -0.25) is 4.79 Å². The fraction of sp³-hybridized carbons (Fsp3) is 0.643. The van der Waals surface area contributed by atoms with Gasteiger partial charge in [-0.05, 0) is 57.8 Å². The smallest absolute Gasteiger partial charge is 0.318 e. The lowest BCUT2D eigenvalue weighted by atomic mass is 9.70. The Morgan fingerprint density at radius 1 is 1.50 bits per heavy atom. The van der Waals surface area contributed by atoms with E-state index in [1.165, 1.54) is 0 Å². The van der Waals surface area contributed by atoms with Crippen molar-refractivity contribution in [1.29, 1.82) is 0 Å². The third-order valence-corrected chi connectivity index (χ3v) is 4.01. The number of aromatic nitrogens is 1. The van der Waals surface area contributed by atoms with E-state index in [0.29, 0.717) is 12.5 Å². The van der Waals surface area contributed by atoms with E-state index < -0.39 is 5.41 Å². The lowest BCUT2D eigenvalue weighted by Gasteiger charge is -2.37. The number of carbonyl (C=O) groups is 1. The van der Waals surface area contributed by atoms with Crippen LogP contribution in [0.15, 0.2) is 18.3 Å². The second-order valence-electron chi connectivity index (χ2n) is 5.03. The van der Waals surface area contributed by atoms with Crippen molar-refractivity contribution in [1.82, 2.24) is 10.3 Å². The first-order valence-corrected chi connectivity index (χ1v) is 6.71. The van der Waals surface area contributed by atoms with Crippen LogP contribution in [0.4, 0.5) is 0 Å². The van der Waals surface area contributed by atoms with Crippen molar-refractivity contribution < 1.29 is 9.53 Å². The zero-order chi connectivity index (χ0) is 13.0. The molecule has 0 aliphatic carbocycles. The minimum absolute atomic E-state index is 0.112. The normalized spacial score (nSPS) is 20.3. The first-order valence-electron chi connectivity index (χ1n) is 6.71. The van der Waals surface area contributed by atoms with Crippen molar-refractivity contribution in [3.8, 4) is 0 Å². The Labute approximate surface area is 108 Å². The molecule has 1 aliphatic rings. The summed E-state index contributed by atoms with van der Waals surface area (Å²) in [5, 5.41) is 3.34. The summed E-state index contributed by atoms with van der Waals surface area (Å²) < 4.78 is 5.30. The van der Waals surface area contributed by atoms with Crippen LogP contribution in [0.2, 0.25) is 0 Å². The number of rotatable bonds is 4. The molecule has 1 aromatic rings. The van der Waals surface area contributed by atoms with E-state index in [4.69, 9.17) is 4.74 Å². The van der Waals surface area contributed by atoms with Crippen LogP contribution in [0.25, 0.3) is 0 Å². The first kappa shape index (κ1) is 13.1. The Bertz CT molecular complexity index is 383. The van der Waals surface area contributed by atoms with Gasteiger partial charge in [0.05, 0.1) is 6.61 Å². The number of esters is 1. The molecule has 1 fully saturated rings. The van der Waals surface area contributed by atoms with Gasteiger partial charge in [0.2, 0.25) is 0 Å². The quantitative estimate of drug-likeness (QED) is 0.802. The van der Waals surface area contributed by atoms with Gasteiger partial charge >= 0.3 is 5.97 Å². The van der Waals surface area contributed by atoms with Crippen molar-refractivity contribution >= 4 is 5.97 Å². The Hall–Kier alpha value is -1.29. The fourth-order valence-electron chi connectivity index (χ4n) is 2.83. The molecular weight excluding hydrogens is 228 g/mol. The molecule has 1 aromatic heterocycles. The van der Waals surface area contributed by atoms with Gasteiger partial charge in [0.25, 0.3) is 0 Å². The predicted molar refractivity (Wildman–Crippen MR) is 70.4 cm³/mol. The molecule has 2 heterocycles. The summed E-state index contributed by atoms with van der Waals surface area (Å²) in [6, 6.07) is 3.92. The highest BCUT2D eigenvalue weighted by Gasteiger charge is 2.45. The average Bonchev–Trinajstić information content (AvgIpc) is 2.93. The number of hydrogen-bond acceptors (Lipinski definition) is 3. The molecule has 0 saturated carbocycles. The van der Waals surface area contributed by atoms with Crippen LogP contribution >= 0.6 is 0 Å². The molecule has 1 atom stereocenters. The second kappa shape index (κ2) is 5.57. The molecule has 2 rings (SSSR count). The lowest BCUT2D eigenvalue weighted by molar-refractivity contribution is -0.152. The van der Waals surface area contributed by atoms with Gasteiger partial charge in [-0.25, -0.2) is 0 Å². The highest BCUT2D eigenvalue weighted by Crippen LogP contribution is 2.37. The van der Waals surface area contributed by atoms with Gasteiger partial charge in [0.1, 0.15) is 5.41 Å². The summed E-state index contributed by atoms with van der Waals surface area (Å²) in [4.78, 5) is 15.6. The van der Waals surface area contributed by atoms with Gasteiger partial charge < -0.3 is 15.0 Å². The summed E-state index contributed by atoms with van der Waals surface area (Å²) in [7, 11) is 0. The first-order chi connectivity index (χ1) is 8.69. The molecule has 1 unspecified atom stereocenters. The zero-order valence-corrected chi connectivity index (χ0v) is 11.2. The number of hydrogen-bond donors (Lipinski definition) is 2. The molecule has 0 radical (unpaired) electrons. The van der Waals surface area contributed by atoms with E-state index in [1.807, 2.05) is 32.2 Å². The lowest BCUT2D eigenvalue weighted by Crippen LogP contribution is -2.46. The number of aromatic amines is 1. The van der Waals surface area contributed by atoms with Crippen LogP contribution in [0, 0.1) is 5.92 Å². The highest BCUT2D eigenvalue weighted by molar-refractivity contribution is 5.82. The number of carbonyl (C=O) groups excluding carboxylic acids is 1. The highest BCUT2D eigenvalue weighted by atomic mass is 16.5. The molecule has 0 bridgehead atoms. The largest absolute Gasteiger partial charge is 0.465 e. The number of ether oxygens (including phenoxy) is 1. The van der Waals surface area contributed by atoms with Crippen molar-refractivity contribution in [3.63, 3.8) is 0 Å². The summed E-state index contributed by atoms with van der Waals surface area (Å²) in [5.41, 5.74) is 0.412. The van der Waals surface area contributed by atoms with E-state index in [9.17, 15) is 4.79 Å². The van der Waals surface area contributed by atoms with E-state index in [0.717, 1.165) is 31.6 Å². The molecule has 1 saturated heterocycles. The number of piperidine rings is 1. The summed E-state index contributed by atoms with van der Waals surface area (Å²) in [5.74, 6) is 0.218. The van der Waals surface area contributed by atoms with Crippen molar-refractivity contribution in [3.05, 3.63) is 24.0 Å². The van der Waals surface area contributed by atoms with Gasteiger partial charge in [0, 0.05) is 11.9 Å². The van der Waals surface area contributed by atoms with Crippen LogP contribution in [-0.2, 0) is 14.9 Å². The van der Waals surface area contributed by atoms with Crippen LogP contribution in [-0.4, -0.2) is 30.6 Å². The van der Waals surface area contributed by atoms with Gasteiger partial charge in [-0.2, -0.15) is 0 Å². The summed E-state index contributed by atoms with van der Waals surface area (Å²) in [6.07, 6.45) is 3.89. The molecule has 0 spiro atoms. The molecule has 2 N–H and O–H groups in total. The topological polar surface area (TPSA) is 54.1 Å².